The van der Waals surface area contributed by atoms with Crippen LogP contribution >= 0.6 is 55.1 Å². The van der Waals surface area contributed by atoms with Gasteiger partial charge < -0.3 is 9.47 Å². The van der Waals surface area contributed by atoms with E-state index in [1.54, 1.807) is 14.2 Å². The van der Waals surface area contributed by atoms with Crippen LogP contribution in [-0.2, 0) is 0 Å². The molecule has 2 aromatic rings. The molecule has 0 amide bonds. The molecule has 0 spiro atoms. The zero-order chi connectivity index (χ0) is 15.6. The van der Waals surface area contributed by atoms with E-state index in [4.69, 9.17) is 32.7 Å². The molecule has 0 heterocycles. The average Bonchev–Trinajstić information content (AvgIpc) is 2.45. The summed E-state index contributed by atoms with van der Waals surface area (Å²) >= 11 is 19.6. The summed E-state index contributed by atoms with van der Waals surface area (Å²) in [6.07, 6.45) is 0. The molecule has 2 nitrogen and oxygen atoms in total. The molecule has 0 aliphatic carbocycles. The van der Waals surface area contributed by atoms with Gasteiger partial charge in [-0.1, -0.05) is 43.5 Å². The predicted octanol–water partition coefficient (Wildman–Crippen LogP) is 6.21. The SMILES string of the molecule is COc1cc(Br)c(C(Cl)c2cc(Cl)cc(Br)c2)cc1OC. The lowest BCUT2D eigenvalue weighted by Gasteiger charge is -2.16. The van der Waals surface area contributed by atoms with Crippen molar-refractivity contribution < 1.29 is 9.47 Å². The van der Waals surface area contributed by atoms with Crippen molar-refractivity contribution in [3.63, 3.8) is 0 Å². The first kappa shape index (κ1) is 16.9. The standard InChI is InChI=1S/C15H12Br2Cl2O2/c1-20-13-6-11(12(17)7-14(13)21-2)15(19)8-3-9(16)5-10(18)4-8/h3-7,15H,1-2H3. The van der Waals surface area contributed by atoms with E-state index < -0.39 is 0 Å². The highest BCUT2D eigenvalue weighted by Crippen LogP contribution is 2.41. The third-order valence-electron chi connectivity index (χ3n) is 2.95. The van der Waals surface area contributed by atoms with Crippen molar-refractivity contribution in [1.82, 2.24) is 0 Å². The molecule has 0 radical (unpaired) electrons. The zero-order valence-corrected chi connectivity index (χ0v) is 16.0. The van der Waals surface area contributed by atoms with E-state index in [0.29, 0.717) is 16.5 Å². The quantitative estimate of drug-likeness (QED) is 0.511. The Morgan fingerprint density at radius 1 is 0.952 bits per heavy atom. The molecule has 1 atom stereocenters. The van der Waals surface area contributed by atoms with Gasteiger partial charge in [-0.15, -0.1) is 11.6 Å². The molecule has 0 bridgehead atoms. The predicted molar refractivity (Wildman–Crippen MR) is 94.1 cm³/mol. The summed E-state index contributed by atoms with van der Waals surface area (Å²) in [5.74, 6) is 1.27. The summed E-state index contributed by atoms with van der Waals surface area (Å²) in [7, 11) is 3.19. The van der Waals surface area contributed by atoms with Crippen molar-refractivity contribution in [2.75, 3.05) is 14.2 Å². The summed E-state index contributed by atoms with van der Waals surface area (Å²) in [6.45, 7) is 0. The summed E-state index contributed by atoms with van der Waals surface area (Å²) < 4.78 is 12.3. The van der Waals surface area contributed by atoms with E-state index in [1.807, 2.05) is 30.3 Å². The van der Waals surface area contributed by atoms with Gasteiger partial charge >= 0.3 is 0 Å². The highest BCUT2D eigenvalue weighted by molar-refractivity contribution is 9.10. The van der Waals surface area contributed by atoms with Crippen molar-refractivity contribution in [2.45, 2.75) is 5.38 Å². The van der Waals surface area contributed by atoms with E-state index in [0.717, 1.165) is 20.1 Å². The Morgan fingerprint density at radius 2 is 1.57 bits per heavy atom. The molecule has 1 unspecified atom stereocenters. The average molecular weight is 455 g/mol. The Kier molecular flexibility index (Phi) is 5.83. The lowest BCUT2D eigenvalue weighted by molar-refractivity contribution is 0.354. The molecule has 0 N–H and O–H groups in total. The maximum Gasteiger partial charge on any atom is 0.161 e. The first-order valence-corrected chi connectivity index (χ1v) is 8.37. The number of benzene rings is 2. The Labute approximate surface area is 150 Å². The fraction of sp³-hybridized carbons (Fsp3) is 0.200. The highest BCUT2D eigenvalue weighted by atomic mass is 79.9. The fourth-order valence-corrected chi connectivity index (χ4v) is 3.84. The Morgan fingerprint density at radius 3 is 2.14 bits per heavy atom. The molecule has 6 heteroatoms. The van der Waals surface area contributed by atoms with Crippen LogP contribution in [0.25, 0.3) is 0 Å². The van der Waals surface area contributed by atoms with Gasteiger partial charge in [-0.25, -0.2) is 0 Å². The van der Waals surface area contributed by atoms with Gasteiger partial charge in [0.25, 0.3) is 0 Å². The topological polar surface area (TPSA) is 18.5 Å². The van der Waals surface area contributed by atoms with Crippen LogP contribution in [0.2, 0.25) is 5.02 Å². The van der Waals surface area contributed by atoms with Gasteiger partial charge in [-0.05, 0) is 41.5 Å². The van der Waals surface area contributed by atoms with E-state index in [1.165, 1.54) is 0 Å². The molecule has 0 aliphatic rings. The van der Waals surface area contributed by atoms with Crippen molar-refractivity contribution in [3.05, 3.63) is 55.4 Å². The minimum atomic E-state index is -0.366. The molecular weight excluding hydrogens is 443 g/mol. The van der Waals surface area contributed by atoms with Crippen LogP contribution in [0.15, 0.2) is 39.3 Å². The highest BCUT2D eigenvalue weighted by Gasteiger charge is 2.18. The molecule has 112 valence electrons. The van der Waals surface area contributed by atoms with Crippen LogP contribution < -0.4 is 9.47 Å². The molecular formula is C15H12Br2Cl2O2. The Bertz CT molecular complexity index is 642. The Balaban J connectivity index is 2.49. The second kappa shape index (κ2) is 7.23. The van der Waals surface area contributed by atoms with Gasteiger partial charge in [0.05, 0.1) is 19.6 Å². The smallest absolute Gasteiger partial charge is 0.161 e. The maximum atomic E-state index is 6.60. The van der Waals surface area contributed by atoms with Crippen LogP contribution in [0.5, 0.6) is 11.5 Å². The van der Waals surface area contributed by atoms with Gasteiger partial charge in [0, 0.05) is 14.0 Å². The fourth-order valence-electron chi connectivity index (χ4n) is 1.97. The number of alkyl halides is 1. The summed E-state index contributed by atoms with van der Waals surface area (Å²) in [5.41, 5.74) is 1.77. The van der Waals surface area contributed by atoms with Gasteiger partial charge in [-0.2, -0.15) is 0 Å². The van der Waals surface area contributed by atoms with Crippen LogP contribution in [0.3, 0.4) is 0 Å². The number of ether oxygens (including phenoxy) is 2. The van der Waals surface area contributed by atoms with Gasteiger partial charge in [0.1, 0.15) is 0 Å². The van der Waals surface area contributed by atoms with E-state index in [-0.39, 0.29) is 5.38 Å². The lowest BCUT2D eigenvalue weighted by atomic mass is 10.0. The summed E-state index contributed by atoms with van der Waals surface area (Å²) in [4.78, 5) is 0. The van der Waals surface area contributed by atoms with Crippen molar-refractivity contribution >= 4 is 55.1 Å². The molecule has 0 saturated carbocycles. The van der Waals surface area contributed by atoms with Gasteiger partial charge in [0.2, 0.25) is 0 Å². The van der Waals surface area contributed by atoms with Crippen LogP contribution in [0.4, 0.5) is 0 Å². The zero-order valence-electron chi connectivity index (χ0n) is 11.3. The molecule has 0 saturated heterocycles. The van der Waals surface area contributed by atoms with Gasteiger partial charge in [0.15, 0.2) is 11.5 Å². The van der Waals surface area contributed by atoms with Crippen molar-refractivity contribution in [1.29, 1.82) is 0 Å². The second-order valence-corrected chi connectivity index (χ2v) is 6.94. The molecule has 0 aromatic heterocycles. The largest absolute Gasteiger partial charge is 0.493 e. The second-order valence-electron chi connectivity index (χ2n) is 4.29. The van der Waals surface area contributed by atoms with E-state index in [9.17, 15) is 0 Å². The molecule has 0 aliphatic heterocycles. The number of halogens is 4. The maximum absolute atomic E-state index is 6.60. The molecule has 2 rings (SSSR count). The Hall–Kier alpha value is -0.420. The number of rotatable bonds is 4. The lowest BCUT2D eigenvalue weighted by Crippen LogP contribution is -1.98. The molecule has 0 fully saturated rings. The third-order valence-corrected chi connectivity index (χ3v) is 4.80. The third kappa shape index (κ3) is 3.86. The summed E-state index contributed by atoms with van der Waals surface area (Å²) in [5, 5.41) is 0.260. The molecule has 21 heavy (non-hydrogen) atoms. The number of hydrogen-bond acceptors (Lipinski definition) is 2. The van der Waals surface area contributed by atoms with Gasteiger partial charge in [-0.3, -0.25) is 0 Å². The van der Waals surface area contributed by atoms with Crippen molar-refractivity contribution in [3.8, 4) is 11.5 Å². The monoisotopic (exact) mass is 452 g/mol. The van der Waals surface area contributed by atoms with Crippen LogP contribution in [-0.4, -0.2) is 14.2 Å². The number of methoxy groups -OCH3 is 2. The van der Waals surface area contributed by atoms with Crippen LogP contribution in [0, 0.1) is 0 Å². The normalized spacial score (nSPS) is 12.1. The first-order valence-electron chi connectivity index (χ1n) is 5.97. The van der Waals surface area contributed by atoms with Crippen molar-refractivity contribution in [2.24, 2.45) is 0 Å². The van der Waals surface area contributed by atoms with E-state index in [2.05, 4.69) is 31.9 Å². The molecule has 2 aromatic carbocycles. The van der Waals surface area contributed by atoms with Crippen LogP contribution in [0.1, 0.15) is 16.5 Å². The number of hydrogen-bond donors (Lipinski definition) is 0. The first-order chi connectivity index (χ1) is 9.96. The minimum absolute atomic E-state index is 0.366. The minimum Gasteiger partial charge on any atom is -0.493 e. The van der Waals surface area contributed by atoms with E-state index >= 15 is 0 Å². The summed E-state index contributed by atoms with van der Waals surface area (Å²) in [6, 6.07) is 9.29.